The van der Waals surface area contributed by atoms with Gasteiger partial charge >= 0.3 is 0 Å². The van der Waals surface area contributed by atoms with E-state index in [0.29, 0.717) is 30.5 Å². The van der Waals surface area contributed by atoms with E-state index in [9.17, 15) is 14.0 Å². The summed E-state index contributed by atoms with van der Waals surface area (Å²) in [4.78, 5) is 34.7. The Labute approximate surface area is 232 Å². The number of benzene rings is 2. The maximum absolute atomic E-state index is 14.4. The van der Waals surface area contributed by atoms with Crippen LogP contribution in [0.15, 0.2) is 90.8 Å². The largest absolute Gasteiger partial charge is 0.333 e. The molecule has 7 heteroatoms. The second-order valence-electron chi connectivity index (χ2n) is 11.1. The van der Waals surface area contributed by atoms with Crippen LogP contribution in [0.25, 0.3) is 11.8 Å². The monoisotopic (exact) mass is 532 g/mol. The summed E-state index contributed by atoms with van der Waals surface area (Å²) in [6.45, 7) is 0. The van der Waals surface area contributed by atoms with Crippen molar-refractivity contribution in [2.45, 2.75) is 50.6 Å². The molecule has 4 aromatic rings. The van der Waals surface area contributed by atoms with E-state index in [2.05, 4.69) is 21.1 Å². The van der Waals surface area contributed by atoms with Crippen molar-refractivity contribution >= 4 is 17.8 Å². The number of hydrogen-bond donors (Lipinski definition) is 0. The molecule has 2 heterocycles. The van der Waals surface area contributed by atoms with Gasteiger partial charge in [0.25, 0.3) is 5.91 Å². The van der Waals surface area contributed by atoms with Crippen molar-refractivity contribution in [3.05, 3.63) is 119 Å². The first-order valence-corrected chi connectivity index (χ1v) is 13.9. The highest BCUT2D eigenvalue weighted by Gasteiger charge is 2.52. The van der Waals surface area contributed by atoms with Crippen molar-refractivity contribution in [3.63, 3.8) is 0 Å². The Kier molecular flexibility index (Phi) is 5.95. The van der Waals surface area contributed by atoms with Gasteiger partial charge in [-0.25, -0.2) is 9.07 Å². The fraction of sp³-hybridized carbons (Fsp3) is 0.273. The summed E-state index contributed by atoms with van der Waals surface area (Å²) in [5.74, 6) is -0.263. The SMILES string of the molecule is O=C(c1ccccc1)N(C1CC1)[C@H]1CCC2=Cc3c(cnn3-c3ccc(F)cc3)C[C@]2(C(=O)c2ccccn2)C1. The van der Waals surface area contributed by atoms with Crippen LogP contribution in [0.4, 0.5) is 4.39 Å². The Morgan fingerprint density at radius 1 is 0.925 bits per heavy atom. The van der Waals surface area contributed by atoms with Crippen molar-refractivity contribution in [1.82, 2.24) is 19.7 Å². The number of pyridine rings is 1. The van der Waals surface area contributed by atoms with E-state index < -0.39 is 5.41 Å². The van der Waals surface area contributed by atoms with Gasteiger partial charge in [0.05, 0.1) is 23.0 Å². The summed E-state index contributed by atoms with van der Waals surface area (Å²) >= 11 is 0. The summed E-state index contributed by atoms with van der Waals surface area (Å²) in [7, 11) is 0. The third-order valence-electron chi connectivity index (χ3n) is 8.63. The molecule has 200 valence electrons. The van der Waals surface area contributed by atoms with E-state index >= 15 is 0 Å². The first kappa shape index (κ1) is 24.6. The molecule has 6 nitrogen and oxygen atoms in total. The molecule has 2 fully saturated rings. The van der Waals surface area contributed by atoms with Crippen molar-refractivity contribution in [3.8, 4) is 5.69 Å². The van der Waals surface area contributed by atoms with Crippen LogP contribution in [-0.2, 0) is 6.42 Å². The number of allylic oxidation sites excluding steroid dienone is 1. The van der Waals surface area contributed by atoms with Crippen molar-refractivity contribution in [1.29, 1.82) is 0 Å². The lowest BCUT2D eigenvalue weighted by atomic mass is 9.60. The molecule has 7 rings (SSSR count). The number of carbonyl (C=O) groups is 2. The van der Waals surface area contributed by atoms with E-state index in [1.54, 1.807) is 24.4 Å². The molecule has 0 spiro atoms. The lowest BCUT2D eigenvalue weighted by Gasteiger charge is -2.47. The molecule has 2 aromatic heterocycles. The van der Waals surface area contributed by atoms with Crippen LogP contribution in [0.5, 0.6) is 0 Å². The quantitative estimate of drug-likeness (QED) is 0.283. The molecule has 0 unspecified atom stereocenters. The molecule has 3 aliphatic carbocycles. The van der Waals surface area contributed by atoms with Crippen LogP contribution in [0.1, 0.15) is 64.2 Å². The standard InChI is InChI=1S/C33H29FN4O2/c34-25-10-13-27(14-11-25)38-30-18-24-9-12-28(37(26-15-16-26)32(40)22-6-2-1-3-7-22)20-33(24,19-23(30)21-36-38)31(39)29-8-4-5-17-35-29/h1-8,10-11,13-14,17-18,21,26,28H,9,12,15-16,19-20H2/t28-,33-/m0/s1. The van der Waals surface area contributed by atoms with Crippen molar-refractivity contribution < 1.29 is 14.0 Å². The van der Waals surface area contributed by atoms with E-state index in [1.807, 2.05) is 53.3 Å². The molecule has 3 aliphatic rings. The van der Waals surface area contributed by atoms with Crippen molar-refractivity contribution in [2.24, 2.45) is 5.41 Å². The predicted molar refractivity (Wildman–Crippen MR) is 149 cm³/mol. The summed E-state index contributed by atoms with van der Waals surface area (Å²) in [5.41, 5.74) is 4.02. The van der Waals surface area contributed by atoms with Crippen LogP contribution in [0.2, 0.25) is 0 Å². The number of hydrogen-bond acceptors (Lipinski definition) is 4. The normalized spacial score (nSPS) is 21.6. The highest BCUT2D eigenvalue weighted by Crippen LogP contribution is 2.52. The fourth-order valence-corrected chi connectivity index (χ4v) is 6.56. The van der Waals surface area contributed by atoms with Gasteiger partial charge in [-0.1, -0.05) is 29.8 Å². The zero-order chi connectivity index (χ0) is 27.3. The van der Waals surface area contributed by atoms with Gasteiger partial charge in [-0.2, -0.15) is 5.10 Å². The van der Waals surface area contributed by atoms with Crippen LogP contribution in [-0.4, -0.2) is 43.4 Å². The molecule has 2 aromatic carbocycles. The lowest BCUT2D eigenvalue weighted by molar-refractivity contribution is 0.0495. The topological polar surface area (TPSA) is 68.1 Å². The van der Waals surface area contributed by atoms with Gasteiger partial charge in [0.1, 0.15) is 11.5 Å². The average Bonchev–Trinajstić information content (AvgIpc) is 3.75. The summed E-state index contributed by atoms with van der Waals surface area (Å²) in [6.07, 6.45) is 10.1. The summed E-state index contributed by atoms with van der Waals surface area (Å²) < 4.78 is 15.4. The maximum Gasteiger partial charge on any atom is 0.254 e. The molecule has 0 radical (unpaired) electrons. The maximum atomic E-state index is 14.4. The molecule has 2 saturated carbocycles. The molecular weight excluding hydrogens is 503 g/mol. The Bertz CT molecular complexity index is 1610. The van der Waals surface area contributed by atoms with Gasteiger partial charge in [-0.15, -0.1) is 0 Å². The van der Waals surface area contributed by atoms with Crippen LogP contribution < -0.4 is 0 Å². The van der Waals surface area contributed by atoms with E-state index in [0.717, 1.165) is 41.8 Å². The molecule has 0 bridgehead atoms. The number of aromatic nitrogens is 3. The summed E-state index contributed by atoms with van der Waals surface area (Å²) in [6, 6.07) is 21.3. The smallest absolute Gasteiger partial charge is 0.254 e. The minimum absolute atomic E-state index is 0.00728. The van der Waals surface area contributed by atoms with Crippen LogP contribution in [0, 0.1) is 11.2 Å². The molecule has 1 amide bonds. The predicted octanol–water partition coefficient (Wildman–Crippen LogP) is 6.07. The van der Waals surface area contributed by atoms with Gasteiger partial charge in [0.2, 0.25) is 0 Å². The number of Topliss-reactive ketones (excluding diaryl/α,β-unsaturated/α-hetero) is 1. The van der Waals surface area contributed by atoms with Gasteiger partial charge in [0.15, 0.2) is 5.78 Å². The lowest BCUT2D eigenvalue weighted by Crippen LogP contribution is -2.51. The van der Waals surface area contributed by atoms with E-state index in [4.69, 9.17) is 0 Å². The third-order valence-corrected chi connectivity index (χ3v) is 8.63. The number of rotatable bonds is 6. The number of amides is 1. The minimum Gasteiger partial charge on any atom is -0.333 e. The third kappa shape index (κ3) is 4.17. The zero-order valence-electron chi connectivity index (χ0n) is 22.0. The highest BCUT2D eigenvalue weighted by atomic mass is 19.1. The Hall–Kier alpha value is -4.39. The zero-order valence-corrected chi connectivity index (χ0v) is 22.0. The highest BCUT2D eigenvalue weighted by molar-refractivity contribution is 6.03. The Balaban J connectivity index is 1.30. The van der Waals surface area contributed by atoms with E-state index in [1.165, 1.54) is 12.1 Å². The number of fused-ring (bicyclic) bond motifs is 2. The first-order chi connectivity index (χ1) is 19.5. The summed E-state index contributed by atoms with van der Waals surface area (Å²) in [5, 5.41) is 4.64. The van der Waals surface area contributed by atoms with Crippen LogP contribution in [0.3, 0.4) is 0 Å². The molecule has 0 N–H and O–H groups in total. The number of carbonyl (C=O) groups excluding carboxylic acids is 2. The van der Waals surface area contributed by atoms with E-state index in [-0.39, 0.29) is 29.6 Å². The van der Waals surface area contributed by atoms with Crippen LogP contribution >= 0.6 is 0 Å². The number of nitrogens with zero attached hydrogens (tertiary/aromatic N) is 4. The first-order valence-electron chi connectivity index (χ1n) is 13.9. The molecule has 40 heavy (non-hydrogen) atoms. The second-order valence-corrected chi connectivity index (χ2v) is 11.1. The molecule has 0 saturated heterocycles. The number of halogens is 1. The molecular formula is C33H29FN4O2. The molecule has 0 aliphatic heterocycles. The number of ketones is 1. The van der Waals surface area contributed by atoms with Gasteiger partial charge < -0.3 is 4.90 Å². The van der Waals surface area contributed by atoms with Gasteiger partial charge in [-0.05, 0) is 98.7 Å². The average molecular weight is 533 g/mol. The van der Waals surface area contributed by atoms with Crippen molar-refractivity contribution in [2.75, 3.05) is 0 Å². The Morgan fingerprint density at radius 2 is 1.70 bits per heavy atom. The Morgan fingerprint density at radius 3 is 2.42 bits per heavy atom. The molecule has 2 atom stereocenters. The van der Waals surface area contributed by atoms with Gasteiger partial charge in [-0.3, -0.25) is 14.6 Å². The minimum atomic E-state index is -0.814. The second kappa shape index (κ2) is 9.66. The van der Waals surface area contributed by atoms with Gasteiger partial charge in [0, 0.05) is 23.8 Å². The fourth-order valence-electron chi connectivity index (χ4n) is 6.56.